The second-order valence-electron chi connectivity index (χ2n) is 5.86. The van der Waals surface area contributed by atoms with E-state index in [2.05, 4.69) is 10.6 Å². The van der Waals surface area contributed by atoms with Gasteiger partial charge in [-0.2, -0.15) is 0 Å². The zero-order valence-corrected chi connectivity index (χ0v) is 14.5. The Morgan fingerprint density at radius 1 is 1.43 bits per heavy atom. The summed E-state index contributed by atoms with van der Waals surface area (Å²) in [5.74, 6) is 0.450. The number of benzene rings is 1. The maximum absolute atomic E-state index is 11.8. The van der Waals surface area contributed by atoms with Gasteiger partial charge in [0, 0.05) is 45.8 Å². The molecule has 118 valence electrons. The van der Waals surface area contributed by atoms with E-state index in [1.54, 1.807) is 6.26 Å². The molecule has 1 aromatic carbocycles. The smallest absolute Gasteiger partial charge is 0.315 e. The van der Waals surface area contributed by atoms with Crippen molar-refractivity contribution in [2.45, 2.75) is 32.2 Å². The van der Waals surface area contributed by atoms with E-state index >= 15 is 0 Å². The average Bonchev–Trinajstić information content (AvgIpc) is 2.35. The molecule has 0 aromatic heterocycles. The number of halogens is 1. The summed E-state index contributed by atoms with van der Waals surface area (Å²) in [5, 5.41) is 6.31. The van der Waals surface area contributed by atoms with Gasteiger partial charge in [-0.15, -0.1) is 0 Å². The fraction of sp³-hybridized carbons (Fsp3) is 0.533. The molecule has 2 N–H and O–H groups in total. The topological polar surface area (TPSA) is 58.2 Å². The van der Waals surface area contributed by atoms with E-state index in [9.17, 15) is 9.00 Å². The van der Waals surface area contributed by atoms with E-state index in [1.807, 2.05) is 45.0 Å². The van der Waals surface area contributed by atoms with Crippen molar-refractivity contribution < 1.29 is 9.00 Å². The number of amides is 2. The summed E-state index contributed by atoms with van der Waals surface area (Å²) in [6.07, 6.45) is 1.62. The summed E-state index contributed by atoms with van der Waals surface area (Å²) in [4.78, 5) is 11.8. The van der Waals surface area contributed by atoms with Crippen LogP contribution in [0.25, 0.3) is 0 Å². The normalized spacial score (nSPS) is 14.3. The minimum atomic E-state index is -0.923. The van der Waals surface area contributed by atoms with E-state index in [1.165, 1.54) is 0 Å². The predicted octanol–water partition coefficient (Wildman–Crippen LogP) is 2.68. The summed E-state index contributed by atoms with van der Waals surface area (Å²) >= 11 is 6.00. The number of rotatable bonds is 6. The fourth-order valence-electron chi connectivity index (χ4n) is 1.98. The number of carbonyl (C=O) groups is 1. The van der Waals surface area contributed by atoms with Crippen molar-refractivity contribution in [3.63, 3.8) is 0 Å². The van der Waals surface area contributed by atoms with Crippen molar-refractivity contribution in [2.24, 2.45) is 0 Å². The van der Waals surface area contributed by atoms with Crippen LogP contribution in [-0.2, 0) is 16.2 Å². The third-order valence-corrected chi connectivity index (χ3v) is 4.36. The number of hydrogen-bond acceptors (Lipinski definition) is 2. The lowest BCUT2D eigenvalue weighted by atomic mass is 9.85. The van der Waals surface area contributed by atoms with Crippen LogP contribution in [0.15, 0.2) is 24.3 Å². The van der Waals surface area contributed by atoms with Gasteiger partial charge in [-0.3, -0.25) is 4.21 Å². The quantitative estimate of drug-likeness (QED) is 0.842. The van der Waals surface area contributed by atoms with Crippen molar-refractivity contribution in [1.29, 1.82) is 0 Å². The highest BCUT2D eigenvalue weighted by molar-refractivity contribution is 7.84. The molecule has 21 heavy (non-hydrogen) atoms. The van der Waals surface area contributed by atoms with Crippen LogP contribution in [0.4, 0.5) is 4.79 Å². The predicted molar refractivity (Wildman–Crippen MR) is 89.4 cm³/mol. The molecule has 0 spiro atoms. The molecule has 2 amide bonds. The first kappa shape index (κ1) is 18.0. The molecule has 6 heteroatoms. The fourth-order valence-corrected chi connectivity index (χ4v) is 2.96. The zero-order chi connectivity index (χ0) is 16.0. The SMILES string of the molecule is C[C@@H](C[S@](C)=O)NC(=O)NCC(C)(C)c1cccc(Cl)c1. The molecule has 1 aromatic rings. The maximum atomic E-state index is 11.8. The van der Waals surface area contributed by atoms with Crippen molar-refractivity contribution in [3.8, 4) is 0 Å². The van der Waals surface area contributed by atoms with E-state index in [0.29, 0.717) is 17.3 Å². The summed E-state index contributed by atoms with van der Waals surface area (Å²) in [6, 6.07) is 7.26. The standard InChI is InChI=1S/C15H23ClN2O2S/c1-11(9-21(4)20)18-14(19)17-10-15(2,3)12-6-5-7-13(16)8-12/h5-8,11H,9-10H2,1-4H3,(H2,17,18,19)/t11-,21-/m0/s1. The molecule has 2 atom stereocenters. The summed E-state index contributed by atoms with van der Waals surface area (Å²) in [6.45, 7) is 6.41. The Morgan fingerprint density at radius 2 is 2.10 bits per heavy atom. The van der Waals surface area contributed by atoms with Crippen LogP contribution in [0.5, 0.6) is 0 Å². The third-order valence-electron chi connectivity index (χ3n) is 3.16. The van der Waals surface area contributed by atoms with Gasteiger partial charge in [0.1, 0.15) is 0 Å². The van der Waals surface area contributed by atoms with E-state index in [4.69, 9.17) is 11.6 Å². The van der Waals surface area contributed by atoms with Gasteiger partial charge in [-0.1, -0.05) is 37.6 Å². The van der Waals surface area contributed by atoms with Gasteiger partial charge in [-0.25, -0.2) is 4.79 Å². The Morgan fingerprint density at radius 3 is 2.67 bits per heavy atom. The van der Waals surface area contributed by atoms with Gasteiger partial charge in [0.05, 0.1) is 0 Å². The molecule has 0 aliphatic rings. The van der Waals surface area contributed by atoms with Crippen LogP contribution in [0.1, 0.15) is 26.3 Å². The second-order valence-corrected chi connectivity index (χ2v) is 7.78. The Balaban J connectivity index is 2.53. The van der Waals surface area contributed by atoms with Crippen LogP contribution >= 0.6 is 11.6 Å². The minimum absolute atomic E-state index is 0.120. The van der Waals surface area contributed by atoms with Gasteiger partial charge in [0.2, 0.25) is 0 Å². The number of urea groups is 1. The molecule has 0 aliphatic heterocycles. The monoisotopic (exact) mass is 330 g/mol. The van der Waals surface area contributed by atoms with Crippen LogP contribution in [0.3, 0.4) is 0 Å². The lowest BCUT2D eigenvalue weighted by Crippen LogP contribution is -2.46. The molecule has 0 bridgehead atoms. The average molecular weight is 331 g/mol. The molecular weight excluding hydrogens is 308 g/mol. The Labute approximate surface area is 134 Å². The molecule has 0 aliphatic carbocycles. The van der Waals surface area contributed by atoms with Gasteiger partial charge >= 0.3 is 6.03 Å². The highest BCUT2D eigenvalue weighted by atomic mass is 35.5. The summed E-state index contributed by atoms with van der Waals surface area (Å²) < 4.78 is 11.1. The highest BCUT2D eigenvalue weighted by Crippen LogP contribution is 2.24. The van der Waals surface area contributed by atoms with E-state index in [0.717, 1.165) is 5.56 Å². The molecular formula is C15H23ClN2O2S. The van der Waals surface area contributed by atoms with Gasteiger partial charge in [0.25, 0.3) is 0 Å². The zero-order valence-electron chi connectivity index (χ0n) is 12.9. The Kier molecular flexibility index (Phi) is 6.68. The van der Waals surface area contributed by atoms with E-state index in [-0.39, 0.29) is 17.5 Å². The molecule has 0 saturated heterocycles. The molecule has 0 saturated carbocycles. The first-order valence-corrected chi connectivity index (χ1v) is 8.91. The Bertz CT molecular complexity index is 520. The summed E-state index contributed by atoms with van der Waals surface area (Å²) in [7, 11) is -0.923. The number of nitrogens with one attached hydrogen (secondary N) is 2. The maximum Gasteiger partial charge on any atom is 0.315 e. The van der Waals surface area contributed by atoms with Crippen molar-refractivity contribution >= 4 is 28.4 Å². The molecule has 0 unspecified atom stereocenters. The van der Waals surface area contributed by atoms with Gasteiger partial charge in [-0.05, 0) is 24.6 Å². The van der Waals surface area contributed by atoms with E-state index < -0.39 is 10.8 Å². The van der Waals surface area contributed by atoms with Crippen LogP contribution < -0.4 is 10.6 Å². The Hall–Kier alpha value is -1.07. The van der Waals surface area contributed by atoms with Crippen LogP contribution in [0, 0.1) is 0 Å². The van der Waals surface area contributed by atoms with Gasteiger partial charge < -0.3 is 10.6 Å². The lowest BCUT2D eigenvalue weighted by Gasteiger charge is -2.26. The largest absolute Gasteiger partial charge is 0.337 e. The van der Waals surface area contributed by atoms with Crippen LogP contribution in [0.2, 0.25) is 5.02 Å². The molecule has 4 nitrogen and oxygen atoms in total. The molecule has 0 radical (unpaired) electrons. The van der Waals surface area contributed by atoms with Crippen molar-refractivity contribution in [3.05, 3.63) is 34.9 Å². The molecule has 0 fully saturated rings. The minimum Gasteiger partial charge on any atom is -0.337 e. The first-order chi connectivity index (χ1) is 9.70. The molecule has 0 heterocycles. The van der Waals surface area contributed by atoms with Gasteiger partial charge in [0.15, 0.2) is 0 Å². The van der Waals surface area contributed by atoms with Crippen molar-refractivity contribution in [1.82, 2.24) is 10.6 Å². The number of hydrogen-bond donors (Lipinski definition) is 2. The second kappa shape index (κ2) is 7.80. The molecule has 1 rings (SSSR count). The van der Waals surface area contributed by atoms with Crippen molar-refractivity contribution in [2.75, 3.05) is 18.6 Å². The van der Waals surface area contributed by atoms with Crippen LogP contribution in [-0.4, -0.2) is 34.8 Å². The summed E-state index contributed by atoms with van der Waals surface area (Å²) in [5.41, 5.74) is 0.844. The third kappa shape index (κ3) is 6.48. The highest BCUT2D eigenvalue weighted by Gasteiger charge is 2.22. The number of carbonyl (C=O) groups excluding carboxylic acids is 1. The first-order valence-electron chi connectivity index (χ1n) is 6.81. The lowest BCUT2D eigenvalue weighted by molar-refractivity contribution is 0.236.